The summed E-state index contributed by atoms with van der Waals surface area (Å²) in [4.78, 5) is 2.17. The summed E-state index contributed by atoms with van der Waals surface area (Å²) in [5, 5.41) is 0. The molecule has 0 fully saturated rings. The molecule has 1 unspecified atom stereocenters. The minimum absolute atomic E-state index is 0.0989. The number of hydrazine groups is 1. The second-order valence-corrected chi connectivity index (χ2v) is 4.86. The summed E-state index contributed by atoms with van der Waals surface area (Å²) >= 11 is 0. The number of rotatable bonds is 6. The molecule has 1 atom stereocenters. The first-order valence-corrected chi connectivity index (χ1v) is 6.40. The third-order valence-corrected chi connectivity index (χ3v) is 4.00. The third kappa shape index (κ3) is 2.71. The number of hydrogen-bond donors (Lipinski definition) is 2. The molecule has 4 heteroatoms. The van der Waals surface area contributed by atoms with Gasteiger partial charge in [-0.3, -0.25) is 11.3 Å². The molecule has 3 N–H and O–H groups in total. The van der Waals surface area contributed by atoms with E-state index in [-0.39, 0.29) is 17.4 Å². The van der Waals surface area contributed by atoms with E-state index in [1.807, 2.05) is 20.2 Å². The second kappa shape index (κ2) is 6.27. The number of nitrogens with one attached hydrogen (secondary N) is 1. The number of nitrogens with two attached hydrogens (primary N) is 1. The topological polar surface area (TPSA) is 41.3 Å². The first-order chi connectivity index (χ1) is 8.51. The van der Waals surface area contributed by atoms with E-state index in [4.69, 9.17) is 5.84 Å². The van der Waals surface area contributed by atoms with Crippen LogP contribution in [0.1, 0.15) is 38.3 Å². The van der Waals surface area contributed by atoms with Crippen molar-refractivity contribution >= 4 is 0 Å². The molecule has 3 nitrogen and oxygen atoms in total. The Morgan fingerprint density at radius 3 is 2.33 bits per heavy atom. The molecular weight excluding hydrogens is 229 g/mol. The van der Waals surface area contributed by atoms with Gasteiger partial charge in [0.15, 0.2) is 0 Å². The number of hydrogen-bond acceptors (Lipinski definition) is 3. The van der Waals surface area contributed by atoms with Crippen LogP contribution >= 0.6 is 0 Å². The van der Waals surface area contributed by atoms with Gasteiger partial charge in [-0.1, -0.05) is 26.0 Å². The first kappa shape index (κ1) is 15.1. The lowest BCUT2D eigenvalue weighted by Gasteiger charge is -2.45. The van der Waals surface area contributed by atoms with Gasteiger partial charge in [-0.25, -0.2) is 4.39 Å². The van der Waals surface area contributed by atoms with Gasteiger partial charge in [-0.15, -0.1) is 0 Å². The number of nitrogens with zero attached hydrogens (tertiary/aromatic N) is 1. The molecule has 0 aliphatic carbocycles. The molecule has 0 radical (unpaired) electrons. The summed E-state index contributed by atoms with van der Waals surface area (Å²) in [7, 11) is 4.08. The number of halogens is 1. The predicted molar refractivity (Wildman–Crippen MR) is 73.5 cm³/mol. The minimum Gasteiger partial charge on any atom is -0.302 e. The Balaban J connectivity index is 3.22. The van der Waals surface area contributed by atoms with E-state index in [0.29, 0.717) is 0 Å². The van der Waals surface area contributed by atoms with E-state index in [1.54, 1.807) is 12.1 Å². The maximum Gasteiger partial charge on any atom is 0.123 e. The van der Waals surface area contributed by atoms with Gasteiger partial charge >= 0.3 is 0 Å². The largest absolute Gasteiger partial charge is 0.302 e. The molecule has 1 aromatic rings. The van der Waals surface area contributed by atoms with Gasteiger partial charge in [-0.05, 0) is 44.6 Å². The van der Waals surface area contributed by atoms with Gasteiger partial charge in [0.05, 0.1) is 6.04 Å². The molecule has 1 aromatic carbocycles. The van der Waals surface area contributed by atoms with Crippen molar-refractivity contribution in [3.63, 3.8) is 0 Å². The average Bonchev–Trinajstić information content (AvgIpc) is 2.35. The van der Waals surface area contributed by atoms with Crippen LogP contribution in [0.2, 0.25) is 0 Å². The molecule has 0 saturated heterocycles. The highest BCUT2D eigenvalue weighted by Gasteiger charge is 2.38. The van der Waals surface area contributed by atoms with Crippen molar-refractivity contribution < 1.29 is 4.39 Å². The fourth-order valence-corrected chi connectivity index (χ4v) is 2.80. The molecule has 0 aromatic heterocycles. The van der Waals surface area contributed by atoms with Crippen LogP contribution in [0.4, 0.5) is 4.39 Å². The fraction of sp³-hybridized carbons (Fsp3) is 0.571. The summed E-state index contributed by atoms with van der Waals surface area (Å²) in [6.07, 6.45) is 1.86. The zero-order valence-corrected chi connectivity index (χ0v) is 11.7. The van der Waals surface area contributed by atoms with Crippen LogP contribution < -0.4 is 11.3 Å². The van der Waals surface area contributed by atoms with Crippen LogP contribution in [0.25, 0.3) is 0 Å². The fourth-order valence-electron chi connectivity index (χ4n) is 2.80. The lowest BCUT2D eigenvalue weighted by molar-refractivity contribution is 0.0880. The van der Waals surface area contributed by atoms with Crippen molar-refractivity contribution in [3.8, 4) is 0 Å². The number of likely N-dealkylation sites (N-methyl/N-ethyl adjacent to an activating group) is 1. The molecule has 0 saturated carbocycles. The third-order valence-electron chi connectivity index (χ3n) is 4.00. The molecule has 102 valence electrons. The summed E-state index contributed by atoms with van der Waals surface area (Å²) < 4.78 is 13.4. The van der Waals surface area contributed by atoms with Crippen molar-refractivity contribution in [2.24, 2.45) is 5.84 Å². The van der Waals surface area contributed by atoms with Crippen molar-refractivity contribution in [1.29, 1.82) is 0 Å². The van der Waals surface area contributed by atoms with Crippen molar-refractivity contribution in [2.45, 2.75) is 38.3 Å². The lowest BCUT2D eigenvalue weighted by Crippen LogP contribution is -2.54. The molecule has 1 rings (SSSR count). The van der Waals surface area contributed by atoms with E-state index in [0.717, 1.165) is 18.4 Å². The van der Waals surface area contributed by atoms with Gasteiger partial charge in [0.25, 0.3) is 0 Å². The molecule has 0 aliphatic rings. The second-order valence-electron chi connectivity index (χ2n) is 4.86. The Morgan fingerprint density at radius 2 is 1.94 bits per heavy atom. The Labute approximate surface area is 109 Å². The highest BCUT2D eigenvalue weighted by atomic mass is 19.1. The van der Waals surface area contributed by atoms with Crippen molar-refractivity contribution in [3.05, 3.63) is 35.6 Å². The SMILES string of the molecule is CCC(CC)(C(NN)c1cccc(F)c1)N(C)C. The summed E-state index contributed by atoms with van der Waals surface area (Å²) in [5.74, 6) is 5.50. The van der Waals surface area contributed by atoms with E-state index >= 15 is 0 Å². The summed E-state index contributed by atoms with van der Waals surface area (Å²) in [6.45, 7) is 4.26. The Kier molecular flexibility index (Phi) is 5.26. The van der Waals surface area contributed by atoms with Crippen LogP contribution in [-0.4, -0.2) is 24.5 Å². The van der Waals surface area contributed by atoms with Gasteiger partial charge in [0, 0.05) is 5.54 Å². The normalized spacial score (nSPS) is 13.9. The Hall–Kier alpha value is -0.970. The monoisotopic (exact) mass is 253 g/mol. The van der Waals surface area contributed by atoms with Crippen LogP contribution in [0.15, 0.2) is 24.3 Å². The Bertz CT molecular complexity index is 375. The maximum atomic E-state index is 13.4. The highest BCUT2D eigenvalue weighted by Crippen LogP contribution is 2.35. The predicted octanol–water partition coefficient (Wildman–Crippen LogP) is 2.45. The molecule has 0 heterocycles. The molecule has 0 aliphatic heterocycles. The van der Waals surface area contributed by atoms with Crippen LogP contribution in [0.3, 0.4) is 0 Å². The van der Waals surface area contributed by atoms with Crippen LogP contribution in [0.5, 0.6) is 0 Å². The molecule has 18 heavy (non-hydrogen) atoms. The molecule has 0 spiro atoms. The van der Waals surface area contributed by atoms with Gasteiger partial charge < -0.3 is 4.90 Å². The molecule has 0 amide bonds. The van der Waals surface area contributed by atoms with Gasteiger partial charge in [0.2, 0.25) is 0 Å². The molecular formula is C14H24FN3. The van der Waals surface area contributed by atoms with Crippen molar-refractivity contribution in [2.75, 3.05) is 14.1 Å². The maximum absolute atomic E-state index is 13.4. The van der Waals surface area contributed by atoms with E-state index < -0.39 is 0 Å². The standard InChI is InChI=1S/C14H24FN3/c1-5-14(6-2,18(3)4)13(17-16)11-8-7-9-12(15)10-11/h7-10,13,17H,5-6,16H2,1-4H3. The first-order valence-electron chi connectivity index (χ1n) is 6.40. The van der Waals surface area contributed by atoms with E-state index in [9.17, 15) is 4.39 Å². The van der Waals surface area contributed by atoms with E-state index in [2.05, 4.69) is 24.2 Å². The zero-order chi connectivity index (χ0) is 13.8. The van der Waals surface area contributed by atoms with Crippen molar-refractivity contribution in [1.82, 2.24) is 10.3 Å². The summed E-state index contributed by atoms with van der Waals surface area (Å²) in [6, 6.07) is 6.54. The van der Waals surface area contributed by atoms with Crippen LogP contribution in [0, 0.1) is 5.82 Å². The Morgan fingerprint density at radius 1 is 1.33 bits per heavy atom. The van der Waals surface area contributed by atoms with Gasteiger partial charge in [0.1, 0.15) is 5.82 Å². The quantitative estimate of drug-likeness (QED) is 0.604. The average molecular weight is 253 g/mol. The lowest BCUT2D eigenvalue weighted by atomic mass is 9.80. The van der Waals surface area contributed by atoms with E-state index in [1.165, 1.54) is 6.07 Å². The summed E-state index contributed by atoms with van der Waals surface area (Å²) in [5.41, 5.74) is 3.62. The zero-order valence-electron chi connectivity index (χ0n) is 11.7. The van der Waals surface area contributed by atoms with Crippen LogP contribution in [-0.2, 0) is 0 Å². The van der Waals surface area contributed by atoms with Gasteiger partial charge in [-0.2, -0.15) is 0 Å². The number of benzene rings is 1. The molecule has 0 bridgehead atoms. The minimum atomic E-state index is -0.229. The highest BCUT2D eigenvalue weighted by molar-refractivity contribution is 5.24. The smallest absolute Gasteiger partial charge is 0.123 e.